The van der Waals surface area contributed by atoms with Crippen molar-refractivity contribution in [3.8, 4) is 0 Å². The minimum atomic E-state index is -0.237. The first kappa shape index (κ1) is 8.14. The predicted molar refractivity (Wildman–Crippen MR) is 44.5 cm³/mol. The van der Waals surface area contributed by atoms with Gasteiger partial charge in [0, 0.05) is 17.1 Å². The molecule has 0 aromatic carbocycles. The third kappa shape index (κ3) is 1.55. The van der Waals surface area contributed by atoms with Crippen molar-refractivity contribution >= 4 is 31.9 Å². The molecule has 0 aliphatic heterocycles. The van der Waals surface area contributed by atoms with Crippen molar-refractivity contribution in [2.45, 2.75) is 5.33 Å². The molecule has 0 saturated carbocycles. The van der Waals surface area contributed by atoms with E-state index in [1.165, 1.54) is 12.3 Å². The molecule has 1 aromatic heterocycles. The summed E-state index contributed by atoms with van der Waals surface area (Å²) in [6, 6.07) is 1.33. The van der Waals surface area contributed by atoms with Gasteiger partial charge in [0.05, 0.1) is 0 Å². The second-order valence-corrected chi connectivity index (χ2v) is 3.01. The Labute approximate surface area is 74.9 Å². The highest BCUT2D eigenvalue weighted by Crippen LogP contribution is 2.18. The minimum Gasteiger partial charge on any atom is -0.249 e. The van der Waals surface area contributed by atoms with Crippen molar-refractivity contribution in [1.29, 1.82) is 0 Å². The number of rotatable bonds is 1. The van der Waals surface area contributed by atoms with E-state index < -0.39 is 0 Å². The van der Waals surface area contributed by atoms with Gasteiger partial charge in [-0.15, -0.1) is 0 Å². The van der Waals surface area contributed by atoms with Crippen molar-refractivity contribution in [2.24, 2.45) is 0 Å². The number of hydrogen-bond donors (Lipinski definition) is 0. The Morgan fingerprint density at radius 2 is 2.30 bits per heavy atom. The summed E-state index contributed by atoms with van der Waals surface area (Å²) >= 11 is 6.28. The van der Waals surface area contributed by atoms with Crippen LogP contribution in [0.4, 0.5) is 4.39 Å². The van der Waals surface area contributed by atoms with Crippen LogP contribution < -0.4 is 0 Å². The largest absolute Gasteiger partial charge is 0.249 e. The zero-order chi connectivity index (χ0) is 7.56. The van der Waals surface area contributed by atoms with E-state index in [1.807, 2.05) is 0 Å². The van der Waals surface area contributed by atoms with Gasteiger partial charge in [-0.1, -0.05) is 15.9 Å². The number of hydrogen-bond acceptors (Lipinski definition) is 1. The molecule has 0 unspecified atom stereocenters. The molecule has 0 bridgehead atoms. The summed E-state index contributed by atoms with van der Waals surface area (Å²) in [7, 11) is 0. The summed E-state index contributed by atoms with van der Waals surface area (Å²) in [5.41, 5.74) is 0.558. The number of nitrogens with zero attached hydrogens (tertiary/aromatic N) is 1. The molecule has 0 saturated heterocycles. The molecular formula is C6H4Br2FN. The fourth-order valence-electron chi connectivity index (χ4n) is 0.564. The molecule has 0 aliphatic carbocycles. The van der Waals surface area contributed by atoms with E-state index in [0.717, 1.165) is 0 Å². The van der Waals surface area contributed by atoms with Crippen LogP contribution in [-0.4, -0.2) is 4.98 Å². The van der Waals surface area contributed by atoms with Crippen molar-refractivity contribution in [3.05, 3.63) is 28.2 Å². The number of aromatic nitrogens is 1. The average Bonchev–Trinajstić information content (AvgIpc) is 1.88. The van der Waals surface area contributed by atoms with Crippen LogP contribution in [0.25, 0.3) is 0 Å². The van der Waals surface area contributed by atoms with Crippen molar-refractivity contribution in [3.63, 3.8) is 0 Å². The fourth-order valence-corrected chi connectivity index (χ4v) is 1.92. The molecular weight excluding hydrogens is 265 g/mol. The lowest BCUT2D eigenvalue weighted by Gasteiger charge is -1.98. The second-order valence-electron chi connectivity index (χ2n) is 1.70. The van der Waals surface area contributed by atoms with E-state index in [0.29, 0.717) is 15.5 Å². The summed E-state index contributed by atoms with van der Waals surface area (Å²) in [4.78, 5) is 3.86. The van der Waals surface area contributed by atoms with E-state index in [2.05, 4.69) is 36.8 Å². The Bertz CT molecular complexity index is 219. The third-order valence-corrected chi connectivity index (χ3v) is 2.32. The molecule has 1 heterocycles. The van der Waals surface area contributed by atoms with E-state index in [9.17, 15) is 4.39 Å². The van der Waals surface area contributed by atoms with Gasteiger partial charge in [-0.25, -0.2) is 9.37 Å². The maximum atomic E-state index is 12.8. The zero-order valence-corrected chi connectivity index (χ0v) is 8.11. The van der Waals surface area contributed by atoms with Crippen LogP contribution >= 0.6 is 31.9 Å². The quantitative estimate of drug-likeness (QED) is 0.564. The molecule has 4 heteroatoms. The Morgan fingerprint density at radius 1 is 1.60 bits per heavy atom. The summed E-state index contributed by atoms with van der Waals surface area (Å²) in [6.07, 6.45) is 1.42. The van der Waals surface area contributed by atoms with Gasteiger partial charge >= 0.3 is 0 Å². The van der Waals surface area contributed by atoms with Gasteiger partial charge in [0.1, 0.15) is 10.4 Å². The first-order valence-corrected chi connectivity index (χ1v) is 4.52. The van der Waals surface area contributed by atoms with Gasteiger partial charge < -0.3 is 0 Å². The van der Waals surface area contributed by atoms with Crippen LogP contribution in [0.15, 0.2) is 16.9 Å². The number of alkyl halides is 1. The van der Waals surface area contributed by atoms with Gasteiger partial charge in [0.2, 0.25) is 0 Å². The lowest BCUT2D eigenvalue weighted by molar-refractivity contribution is 0.613. The summed E-state index contributed by atoms with van der Waals surface area (Å²) in [5.74, 6) is -0.237. The van der Waals surface area contributed by atoms with Gasteiger partial charge in [0.25, 0.3) is 0 Å². The first-order chi connectivity index (χ1) is 4.75. The standard InChI is InChI=1S/C6H4Br2FN/c7-3-4-5(9)1-2-10-6(4)8/h1-2H,3H2. The third-order valence-electron chi connectivity index (χ3n) is 1.08. The highest BCUT2D eigenvalue weighted by atomic mass is 79.9. The molecule has 1 rings (SSSR count). The SMILES string of the molecule is Fc1ccnc(Br)c1CBr. The Hall–Kier alpha value is 0.0400. The van der Waals surface area contributed by atoms with Crippen LogP contribution in [-0.2, 0) is 5.33 Å². The van der Waals surface area contributed by atoms with Gasteiger partial charge in [-0.3, -0.25) is 0 Å². The van der Waals surface area contributed by atoms with Crippen LogP contribution in [0.5, 0.6) is 0 Å². The molecule has 1 aromatic rings. The lowest BCUT2D eigenvalue weighted by atomic mass is 10.3. The first-order valence-electron chi connectivity index (χ1n) is 2.60. The maximum Gasteiger partial charge on any atom is 0.131 e. The Kier molecular flexibility index (Phi) is 2.80. The van der Waals surface area contributed by atoms with E-state index in [4.69, 9.17) is 0 Å². The topological polar surface area (TPSA) is 12.9 Å². The molecule has 1 nitrogen and oxygen atoms in total. The molecule has 0 amide bonds. The van der Waals surface area contributed by atoms with Crippen molar-refractivity contribution in [2.75, 3.05) is 0 Å². The van der Waals surface area contributed by atoms with Crippen molar-refractivity contribution < 1.29 is 4.39 Å². The predicted octanol–water partition coefficient (Wildman–Crippen LogP) is 2.88. The summed E-state index contributed by atoms with van der Waals surface area (Å²) in [6.45, 7) is 0. The van der Waals surface area contributed by atoms with Crippen LogP contribution in [0.1, 0.15) is 5.56 Å². The molecule has 0 fully saturated rings. The van der Waals surface area contributed by atoms with Gasteiger partial charge in [0.15, 0.2) is 0 Å². The fraction of sp³-hybridized carbons (Fsp3) is 0.167. The molecule has 10 heavy (non-hydrogen) atoms. The van der Waals surface area contributed by atoms with Gasteiger partial charge in [-0.05, 0) is 22.0 Å². The highest BCUT2D eigenvalue weighted by Gasteiger charge is 2.04. The number of pyridine rings is 1. The summed E-state index contributed by atoms with van der Waals surface area (Å²) in [5, 5.41) is 0.479. The molecule has 0 aliphatic rings. The number of halogens is 3. The minimum absolute atomic E-state index is 0.237. The molecule has 0 radical (unpaired) electrons. The molecule has 0 atom stereocenters. The van der Waals surface area contributed by atoms with Crippen LogP contribution in [0.2, 0.25) is 0 Å². The lowest BCUT2D eigenvalue weighted by Crippen LogP contribution is -1.89. The normalized spacial score (nSPS) is 9.90. The van der Waals surface area contributed by atoms with E-state index >= 15 is 0 Å². The summed E-state index contributed by atoms with van der Waals surface area (Å²) < 4.78 is 13.3. The zero-order valence-electron chi connectivity index (χ0n) is 4.94. The maximum absolute atomic E-state index is 12.8. The highest BCUT2D eigenvalue weighted by molar-refractivity contribution is 9.10. The van der Waals surface area contributed by atoms with E-state index in [-0.39, 0.29) is 5.82 Å². The van der Waals surface area contributed by atoms with Crippen molar-refractivity contribution in [1.82, 2.24) is 4.98 Å². The van der Waals surface area contributed by atoms with E-state index in [1.54, 1.807) is 0 Å². The molecule has 54 valence electrons. The molecule has 0 N–H and O–H groups in total. The van der Waals surface area contributed by atoms with Crippen LogP contribution in [0.3, 0.4) is 0 Å². The molecule has 0 spiro atoms. The Morgan fingerprint density at radius 3 is 2.70 bits per heavy atom. The van der Waals surface area contributed by atoms with Gasteiger partial charge in [-0.2, -0.15) is 0 Å². The monoisotopic (exact) mass is 267 g/mol. The smallest absolute Gasteiger partial charge is 0.131 e. The van der Waals surface area contributed by atoms with Crippen LogP contribution in [0, 0.1) is 5.82 Å². The second kappa shape index (κ2) is 3.44. The Balaban J connectivity index is 3.17. The average molecular weight is 269 g/mol.